The van der Waals surface area contributed by atoms with Crippen molar-refractivity contribution in [1.82, 2.24) is 20.0 Å². The quantitative estimate of drug-likeness (QED) is 0.507. The summed E-state index contributed by atoms with van der Waals surface area (Å²) in [4.78, 5) is 27.6. The number of nitrogens with zero attached hydrogens (tertiary/aromatic N) is 4. The van der Waals surface area contributed by atoms with Crippen LogP contribution >= 0.6 is 0 Å². The number of amides is 2. The Morgan fingerprint density at radius 3 is 2.83 bits per heavy atom. The second kappa shape index (κ2) is 7.95. The SMILES string of the molecule is NC(=O)Cn1cc(C(=O)Nc2ccc(Oc3cccc(F)c3)c3ccncc23)nn1. The fourth-order valence-electron chi connectivity index (χ4n) is 2.84. The maximum Gasteiger partial charge on any atom is 0.277 e. The average Bonchev–Trinajstić information content (AvgIpc) is 3.18. The van der Waals surface area contributed by atoms with Gasteiger partial charge < -0.3 is 15.8 Å². The first kappa shape index (κ1) is 19.0. The number of anilines is 1. The molecule has 2 aromatic heterocycles. The number of benzene rings is 2. The second-order valence-corrected chi connectivity index (χ2v) is 6.31. The number of hydrogen-bond donors (Lipinski definition) is 2. The summed E-state index contributed by atoms with van der Waals surface area (Å²) < 4.78 is 20.4. The lowest BCUT2D eigenvalue weighted by molar-refractivity contribution is -0.118. The van der Waals surface area contributed by atoms with Crippen LogP contribution in [0.1, 0.15) is 10.5 Å². The molecule has 10 heteroatoms. The lowest BCUT2D eigenvalue weighted by Crippen LogP contribution is -2.19. The molecule has 0 radical (unpaired) electrons. The Hall–Kier alpha value is -4.34. The number of carbonyl (C=O) groups excluding carboxylic acids is 2. The van der Waals surface area contributed by atoms with Crippen LogP contribution in [0.25, 0.3) is 10.8 Å². The maximum atomic E-state index is 13.4. The van der Waals surface area contributed by atoms with E-state index in [0.717, 1.165) is 0 Å². The normalized spacial score (nSPS) is 10.7. The first-order valence-electron chi connectivity index (χ1n) is 8.79. The fourth-order valence-corrected chi connectivity index (χ4v) is 2.84. The number of halogens is 1. The van der Waals surface area contributed by atoms with Crippen molar-refractivity contribution in [3.63, 3.8) is 0 Å². The summed E-state index contributed by atoms with van der Waals surface area (Å²) in [6, 6.07) is 10.8. The van der Waals surface area contributed by atoms with Gasteiger partial charge in [-0.25, -0.2) is 9.07 Å². The zero-order chi connectivity index (χ0) is 21.1. The van der Waals surface area contributed by atoms with E-state index in [2.05, 4.69) is 20.6 Å². The van der Waals surface area contributed by atoms with Gasteiger partial charge in [-0.3, -0.25) is 14.6 Å². The first-order valence-corrected chi connectivity index (χ1v) is 8.79. The van der Waals surface area contributed by atoms with Gasteiger partial charge in [0.1, 0.15) is 23.9 Å². The van der Waals surface area contributed by atoms with E-state index >= 15 is 0 Å². The minimum absolute atomic E-state index is 0.0216. The van der Waals surface area contributed by atoms with Crippen molar-refractivity contribution >= 4 is 28.3 Å². The topological polar surface area (TPSA) is 125 Å². The lowest BCUT2D eigenvalue weighted by Gasteiger charge is -2.12. The largest absolute Gasteiger partial charge is 0.457 e. The Kier molecular flexibility index (Phi) is 5.04. The number of pyridine rings is 1. The number of fused-ring (bicyclic) bond motifs is 1. The number of nitrogens with one attached hydrogen (secondary N) is 1. The van der Waals surface area contributed by atoms with E-state index in [9.17, 15) is 14.0 Å². The van der Waals surface area contributed by atoms with Crippen LogP contribution in [0.3, 0.4) is 0 Å². The Morgan fingerprint density at radius 1 is 1.17 bits per heavy atom. The molecule has 0 bridgehead atoms. The van der Waals surface area contributed by atoms with Crippen molar-refractivity contribution < 1.29 is 18.7 Å². The molecule has 0 unspecified atom stereocenters. The molecule has 30 heavy (non-hydrogen) atoms. The molecule has 2 heterocycles. The van der Waals surface area contributed by atoms with Gasteiger partial charge in [0.25, 0.3) is 5.91 Å². The van der Waals surface area contributed by atoms with Gasteiger partial charge in [-0.2, -0.15) is 0 Å². The van der Waals surface area contributed by atoms with Gasteiger partial charge >= 0.3 is 0 Å². The molecule has 0 aliphatic heterocycles. The Bertz CT molecular complexity index is 1260. The van der Waals surface area contributed by atoms with Gasteiger partial charge in [-0.15, -0.1) is 5.10 Å². The highest BCUT2D eigenvalue weighted by Crippen LogP contribution is 2.34. The van der Waals surface area contributed by atoms with Crippen molar-refractivity contribution in [3.8, 4) is 11.5 Å². The molecule has 2 amide bonds. The third-order valence-electron chi connectivity index (χ3n) is 4.14. The second-order valence-electron chi connectivity index (χ2n) is 6.31. The summed E-state index contributed by atoms with van der Waals surface area (Å²) in [5.41, 5.74) is 5.60. The highest BCUT2D eigenvalue weighted by Gasteiger charge is 2.15. The summed E-state index contributed by atoms with van der Waals surface area (Å²) in [5.74, 6) is -0.710. The standard InChI is InChI=1S/C20H15FN6O3/c21-12-2-1-3-13(8-12)30-18-5-4-16(15-9-23-7-6-14(15)18)24-20(29)17-10-27(26-25-17)11-19(22)28/h1-10H,11H2,(H2,22,28)(H,24,29). The van der Waals surface area contributed by atoms with E-state index in [-0.39, 0.29) is 12.2 Å². The Balaban J connectivity index is 1.61. The molecule has 0 atom stereocenters. The van der Waals surface area contributed by atoms with E-state index in [4.69, 9.17) is 10.5 Å². The van der Waals surface area contributed by atoms with Crippen LogP contribution in [0.4, 0.5) is 10.1 Å². The van der Waals surface area contributed by atoms with Gasteiger partial charge in [0.05, 0.1) is 11.9 Å². The van der Waals surface area contributed by atoms with E-state index < -0.39 is 17.6 Å². The minimum atomic E-state index is -0.599. The zero-order valence-corrected chi connectivity index (χ0v) is 15.4. The fraction of sp³-hybridized carbons (Fsp3) is 0.0500. The third-order valence-corrected chi connectivity index (χ3v) is 4.14. The summed E-state index contributed by atoms with van der Waals surface area (Å²) in [7, 11) is 0. The number of carbonyl (C=O) groups is 2. The molecule has 3 N–H and O–H groups in total. The molecular formula is C20H15FN6O3. The zero-order valence-electron chi connectivity index (χ0n) is 15.4. The molecular weight excluding hydrogens is 391 g/mol. The van der Waals surface area contributed by atoms with Gasteiger partial charge in [-0.05, 0) is 30.3 Å². The number of aromatic nitrogens is 4. The highest BCUT2D eigenvalue weighted by atomic mass is 19.1. The Labute approximate surface area is 169 Å². The molecule has 150 valence electrons. The first-order chi connectivity index (χ1) is 14.5. The monoisotopic (exact) mass is 406 g/mol. The van der Waals surface area contributed by atoms with E-state index in [1.54, 1.807) is 42.7 Å². The van der Waals surface area contributed by atoms with Crippen LogP contribution < -0.4 is 15.8 Å². The average molecular weight is 406 g/mol. The number of rotatable bonds is 6. The van der Waals surface area contributed by atoms with Crippen molar-refractivity contribution in [2.75, 3.05) is 5.32 Å². The summed E-state index contributed by atoms with van der Waals surface area (Å²) >= 11 is 0. The van der Waals surface area contributed by atoms with E-state index in [0.29, 0.717) is 28.0 Å². The molecule has 4 aromatic rings. The smallest absolute Gasteiger partial charge is 0.277 e. The third kappa shape index (κ3) is 4.07. The number of primary amides is 1. The summed E-state index contributed by atoms with van der Waals surface area (Å²) in [5, 5.41) is 11.5. The predicted molar refractivity (Wildman–Crippen MR) is 105 cm³/mol. The van der Waals surface area contributed by atoms with Crippen molar-refractivity contribution in [2.45, 2.75) is 6.54 Å². The molecule has 0 saturated heterocycles. The van der Waals surface area contributed by atoms with Crippen LogP contribution in [0.5, 0.6) is 11.5 Å². The molecule has 9 nitrogen and oxygen atoms in total. The van der Waals surface area contributed by atoms with Crippen LogP contribution in [-0.4, -0.2) is 31.8 Å². The van der Waals surface area contributed by atoms with Gasteiger partial charge in [0.15, 0.2) is 5.69 Å². The van der Waals surface area contributed by atoms with Crippen LogP contribution in [0, 0.1) is 5.82 Å². The Morgan fingerprint density at radius 2 is 2.03 bits per heavy atom. The van der Waals surface area contributed by atoms with Crippen molar-refractivity contribution in [1.29, 1.82) is 0 Å². The summed E-state index contributed by atoms with van der Waals surface area (Å²) in [6.45, 7) is -0.181. The predicted octanol–water partition coefficient (Wildman–Crippen LogP) is 2.50. The molecule has 0 fully saturated rings. The van der Waals surface area contributed by atoms with Crippen molar-refractivity contribution in [3.05, 3.63) is 72.6 Å². The van der Waals surface area contributed by atoms with Crippen LogP contribution in [0.2, 0.25) is 0 Å². The van der Waals surface area contributed by atoms with Crippen molar-refractivity contribution in [2.24, 2.45) is 5.73 Å². The highest BCUT2D eigenvalue weighted by molar-refractivity contribution is 6.09. The molecule has 2 aromatic carbocycles. The number of nitrogens with two attached hydrogens (primary N) is 1. The number of ether oxygens (including phenoxy) is 1. The minimum Gasteiger partial charge on any atom is -0.457 e. The summed E-state index contributed by atoms with van der Waals surface area (Å²) in [6.07, 6.45) is 4.48. The van der Waals surface area contributed by atoms with Gasteiger partial charge in [0, 0.05) is 29.2 Å². The molecule has 0 saturated carbocycles. The molecule has 0 aliphatic rings. The lowest BCUT2D eigenvalue weighted by atomic mass is 10.1. The number of hydrogen-bond acceptors (Lipinski definition) is 6. The van der Waals surface area contributed by atoms with Crippen LogP contribution in [-0.2, 0) is 11.3 Å². The molecule has 0 aliphatic carbocycles. The van der Waals surface area contributed by atoms with E-state index in [1.807, 2.05) is 0 Å². The maximum absolute atomic E-state index is 13.4. The van der Waals surface area contributed by atoms with Gasteiger partial charge in [0.2, 0.25) is 5.91 Å². The van der Waals surface area contributed by atoms with Crippen LogP contribution in [0.15, 0.2) is 61.1 Å². The molecule has 4 rings (SSSR count). The van der Waals surface area contributed by atoms with E-state index in [1.165, 1.54) is 23.0 Å². The van der Waals surface area contributed by atoms with Gasteiger partial charge in [-0.1, -0.05) is 11.3 Å². The molecule has 0 spiro atoms.